The Morgan fingerprint density at radius 2 is 1.93 bits per heavy atom. The van der Waals surface area contributed by atoms with Gasteiger partial charge in [0.2, 0.25) is 0 Å². The van der Waals surface area contributed by atoms with Crippen LogP contribution in [0, 0.1) is 0 Å². The molecule has 0 unspecified atom stereocenters. The van der Waals surface area contributed by atoms with E-state index < -0.39 is 11.7 Å². The first-order valence-electron chi connectivity index (χ1n) is 3.62. The highest BCUT2D eigenvalue weighted by Crippen LogP contribution is 2.32. The molecule has 0 heterocycles. The molecule has 0 aliphatic heterocycles. The van der Waals surface area contributed by atoms with Gasteiger partial charge < -0.3 is 0 Å². The lowest BCUT2D eigenvalue weighted by molar-refractivity contribution is -0.137. The third-order valence-corrected chi connectivity index (χ3v) is 1.99. The maximum atomic E-state index is 12.3. The van der Waals surface area contributed by atoms with E-state index in [0.29, 0.717) is 10.0 Å². The summed E-state index contributed by atoms with van der Waals surface area (Å²) in [4.78, 5) is 4.26. The standard InChI is InChI=1S/C8H7BrF3NO/c9-7-2-5(4-14-13)1-6(3-7)8(10,11)12/h1-3H,4,13H2. The first-order chi connectivity index (χ1) is 6.43. The van der Waals surface area contributed by atoms with Crippen LogP contribution in [-0.4, -0.2) is 0 Å². The Morgan fingerprint density at radius 1 is 1.29 bits per heavy atom. The number of alkyl halides is 3. The van der Waals surface area contributed by atoms with Gasteiger partial charge in [0, 0.05) is 4.47 Å². The van der Waals surface area contributed by atoms with Crippen LogP contribution in [0.4, 0.5) is 13.2 Å². The predicted octanol–water partition coefficient (Wildman–Crippen LogP) is 2.86. The molecule has 0 radical (unpaired) electrons. The molecule has 0 amide bonds. The van der Waals surface area contributed by atoms with Crippen LogP contribution >= 0.6 is 15.9 Å². The van der Waals surface area contributed by atoms with Gasteiger partial charge >= 0.3 is 6.18 Å². The lowest BCUT2D eigenvalue weighted by Gasteiger charge is -2.09. The largest absolute Gasteiger partial charge is 0.416 e. The zero-order valence-corrected chi connectivity index (χ0v) is 8.52. The Kier molecular flexibility index (Phi) is 3.52. The predicted molar refractivity (Wildman–Crippen MR) is 48.1 cm³/mol. The van der Waals surface area contributed by atoms with Gasteiger partial charge in [0.15, 0.2) is 0 Å². The highest BCUT2D eigenvalue weighted by molar-refractivity contribution is 9.10. The molecule has 14 heavy (non-hydrogen) atoms. The summed E-state index contributed by atoms with van der Waals surface area (Å²) in [6, 6.07) is 3.51. The van der Waals surface area contributed by atoms with Crippen LogP contribution in [0.3, 0.4) is 0 Å². The monoisotopic (exact) mass is 269 g/mol. The number of hydrogen-bond donors (Lipinski definition) is 1. The number of halogens is 4. The Morgan fingerprint density at radius 3 is 2.43 bits per heavy atom. The number of benzene rings is 1. The second-order valence-electron chi connectivity index (χ2n) is 2.66. The molecule has 0 bridgehead atoms. The summed E-state index contributed by atoms with van der Waals surface area (Å²) >= 11 is 2.98. The number of nitrogens with two attached hydrogens (primary N) is 1. The van der Waals surface area contributed by atoms with Crippen LogP contribution in [0.2, 0.25) is 0 Å². The normalized spacial score (nSPS) is 11.8. The molecule has 1 aromatic carbocycles. The molecule has 1 rings (SSSR count). The molecule has 0 aromatic heterocycles. The van der Waals surface area contributed by atoms with E-state index in [1.165, 1.54) is 6.07 Å². The van der Waals surface area contributed by atoms with Crippen molar-refractivity contribution in [1.29, 1.82) is 0 Å². The van der Waals surface area contributed by atoms with Crippen molar-refractivity contribution < 1.29 is 18.0 Å². The Bertz CT molecular complexity index is 327. The average molecular weight is 270 g/mol. The van der Waals surface area contributed by atoms with Gasteiger partial charge in [0.1, 0.15) is 0 Å². The van der Waals surface area contributed by atoms with Crippen molar-refractivity contribution in [3.05, 3.63) is 33.8 Å². The molecule has 6 heteroatoms. The van der Waals surface area contributed by atoms with Crippen molar-refractivity contribution in [2.24, 2.45) is 5.90 Å². The molecule has 0 saturated heterocycles. The fourth-order valence-electron chi connectivity index (χ4n) is 0.994. The maximum absolute atomic E-state index is 12.3. The van der Waals surface area contributed by atoms with Crippen LogP contribution in [0.15, 0.2) is 22.7 Å². The second-order valence-corrected chi connectivity index (χ2v) is 3.57. The molecule has 1 aromatic rings. The highest BCUT2D eigenvalue weighted by atomic mass is 79.9. The van der Waals surface area contributed by atoms with Crippen molar-refractivity contribution in [3.63, 3.8) is 0 Å². The third-order valence-electron chi connectivity index (χ3n) is 1.53. The van der Waals surface area contributed by atoms with Gasteiger partial charge in [-0.15, -0.1) is 0 Å². The quantitative estimate of drug-likeness (QED) is 0.838. The van der Waals surface area contributed by atoms with E-state index in [-0.39, 0.29) is 6.61 Å². The Hall–Kier alpha value is -0.590. The second kappa shape index (κ2) is 4.29. The van der Waals surface area contributed by atoms with E-state index in [4.69, 9.17) is 5.90 Å². The zero-order chi connectivity index (χ0) is 10.8. The van der Waals surface area contributed by atoms with E-state index in [2.05, 4.69) is 20.8 Å². The van der Waals surface area contributed by atoms with Crippen LogP contribution in [0.5, 0.6) is 0 Å². The highest BCUT2D eigenvalue weighted by Gasteiger charge is 2.30. The summed E-state index contributed by atoms with van der Waals surface area (Å²) < 4.78 is 37.2. The zero-order valence-electron chi connectivity index (χ0n) is 6.94. The van der Waals surface area contributed by atoms with Crippen LogP contribution in [0.25, 0.3) is 0 Å². The SMILES string of the molecule is NOCc1cc(Br)cc(C(F)(F)F)c1. The summed E-state index contributed by atoms with van der Waals surface area (Å²) in [5.41, 5.74) is -0.354. The van der Waals surface area contributed by atoms with E-state index in [9.17, 15) is 13.2 Å². The fourth-order valence-corrected chi connectivity index (χ4v) is 1.53. The summed E-state index contributed by atoms with van der Waals surface area (Å²) in [7, 11) is 0. The third kappa shape index (κ3) is 2.97. The summed E-state index contributed by atoms with van der Waals surface area (Å²) in [5.74, 6) is 4.77. The van der Waals surface area contributed by atoms with Crippen molar-refractivity contribution in [3.8, 4) is 0 Å². The topological polar surface area (TPSA) is 35.2 Å². The molecule has 2 N–H and O–H groups in total. The van der Waals surface area contributed by atoms with Crippen molar-refractivity contribution in [2.45, 2.75) is 12.8 Å². The molecule has 2 nitrogen and oxygen atoms in total. The van der Waals surface area contributed by atoms with Gasteiger partial charge in [-0.25, -0.2) is 5.90 Å². The van der Waals surface area contributed by atoms with Crippen molar-refractivity contribution in [2.75, 3.05) is 0 Å². The van der Waals surface area contributed by atoms with Crippen molar-refractivity contribution >= 4 is 15.9 Å². The summed E-state index contributed by atoms with van der Waals surface area (Å²) in [6.07, 6.45) is -4.35. The van der Waals surface area contributed by atoms with Gasteiger partial charge in [-0.1, -0.05) is 15.9 Å². The molecule has 0 aliphatic rings. The average Bonchev–Trinajstić information content (AvgIpc) is 2.02. The minimum atomic E-state index is -4.35. The van der Waals surface area contributed by atoms with Crippen LogP contribution < -0.4 is 5.90 Å². The smallest absolute Gasteiger partial charge is 0.300 e. The minimum Gasteiger partial charge on any atom is -0.300 e. The van der Waals surface area contributed by atoms with Gasteiger partial charge in [0.05, 0.1) is 12.2 Å². The lowest BCUT2D eigenvalue weighted by Crippen LogP contribution is -2.07. The minimum absolute atomic E-state index is 0.0531. The van der Waals surface area contributed by atoms with Gasteiger partial charge in [-0.05, 0) is 23.8 Å². The van der Waals surface area contributed by atoms with Gasteiger partial charge in [-0.2, -0.15) is 13.2 Å². The summed E-state index contributed by atoms with van der Waals surface area (Å²) in [5, 5.41) is 0. The Balaban J connectivity index is 3.07. The number of hydrogen-bond acceptors (Lipinski definition) is 2. The van der Waals surface area contributed by atoms with E-state index >= 15 is 0 Å². The van der Waals surface area contributed by atoms with Gasteiger partial charge in [0.25, 0.3) is 0 Å². The first-order valence-corrected chi connectivity index (χ1v) is 4.41. The molecule has 0 fully saturated rings. The van der Waals surface area contributed by atoms with Gasteiger partial charge in [-0.3, -0.25) is 4.84 Å². The van der Waals surface area contributed by atoms with E-state index in [1.54, 1.807) is 0 Å². The molecular formula is C8H7BrF3NO. The van der Waals surface area contributed by atoms with E-state index in [1.807, 2.05) is 0 Å². The molecular weight excluding hydrogens is 263 g/mol. The molecule has 0 aliphatic carbocycles. The molecule has 0 spiro atoms. The molecule has 78 valence electrons. The molecule has 0 atom stereocenters. The maximum Gasteiger partial charge on any atom is 0.416 e. The van der Waals surface area contributed by atoms with Crippen LogP contribution in [-0.2, 0) is 17.6 Å². The first kappa shape index (κ1) is 11.5. The summed E-state index contributed by atoms with van der Waals surface area (Å²) in [6.45, 7) is -0.0531. The fraction of sp³-hybridized carbons (Fsp3) is 0.250. The lowest BCUT2D eigenvalue weighted by atomic mass is 10.1. The van der Waals surface area contributed by atoms with E-state index in [0.717, 1.165) is 12.1 Å². The van der Waals surface area contributed by atoms with Crippen molar-refractivity contribution in [1.82, 2.24) is 0 Å². The van der Waals surface area contributed by atoms with Crippen LogP contribution in [0.1, 0.15) is 11.1 Å². The number of rotatable bonds is 2. The molecule has 0 saturated carbocycles. The Labute approximate surface area is 86.9 Å².